The maximum Gasteiger partial charge on any atom is 0.193 e. The summed E-state index contributed by atoms with van der Waals surface area (Å²) >= 11 is 0. The number of hydrogen-bond acceptors (Lipinski definition) is 3. The molecule has 23 heavy (non-hydrogen) atoms. The monoisotopic (exact) mass is 316 g/mol. The van der Waals surface area contributed by atoms with E-state index in [1.165, 1.54) is 11.0 Å². The molecule has 0 unspecified atom stereocenters. The smallest absolute Gasteiger partial charge is 0.193 e. The van der Waals surface area contributed by atoms with E-state index in [-0.39, 0.29) is 18.5 Å². The summed E-state index contributed by atoms with van der Waals surface area (Å²) in [6.07, 6.45) is 3.41. The number of halogens is 1. The Morgan fingerprint density at radius 2 is 2.09 bits per heavy atom. The molecule has 1 aromatic heterocycles. The van der Waals surface area contributed by atoms with E-state index in [2.05, 4.69) is 10.3 Å². The number of nitrogens with zero attached hydrogens (tertiary/aromatic N) is 2. The molecule has 0 aliphatic heterocycles. The van der Waals surface area contributed by atoms with Crippen molar-refractivity contribution in [1.82, 2.24) is 15.2 Å². The number of pyridine rings is 1. The molecular weight excluding hydrogens is 295 g/mol. The summed E-state index contributed by atoms with van der Waals surface area (Å²) in [4.78, 5) is 5.40. The minimum Gasteiger partial charge on any atom is -0.376 e. The van der Waals surface area contributed by atoms with Crippen LogP contribution in [0.25, 0.3) is 11.1 Å². The van der Waals surface area contributed by atoms with Gasteiger partial charge in [0, 0.05) is 30.6 Å². The molecule has 0 atom stereocenters. The van der Waals surface area contributed by atoms with Gasteiger partial charge < -0.3 is 15.3 Å². The molecule has 0 saturated heterocycles. The molecule has 5 nitrogen and oxygen atoms in total. The summed E-state index contributed by atoms with van der Waals surface area (Å²) < 4.78 is 14.3. The third kappa shape index (κ3) is 3.84. The number of rotatable bonds is 4. The van der Waals surface area contributed by atoms with E-state index in [1.807, 2.05) is 12.1 Å². The van der Waals surface area contributed by atoms with E-state index in [0.717, 1.165) is 11.1 Å². The van der Waals surface area contributed by atoms with Crippen molar-refractivity contribution >= 4 is 5.96 Å². The van der Waals surface area contributed by atoms with Crippen LogP contribution in [0.2, 0.25) is 0 Å². The van der Waals surface area contributed by atoms with Gasteiger partial charge in [0.15, 0.2) is 5.96 Å². The maximum atomic E-state index is 14.3. The Morgan fingerprint density at radius 3 is 2.70 bits per heavy atom. The number of nitrogens with one attached hydrogen (secondary N) is 2. The molecule has 0 saturated carbocycles. The molecule has 0 fully saturated rings. The number of guanidine groups is 1. The SMILES string of the molecule is CN(CO)C(=N)NC(C)(C)c1cc(-c2cccnc2)ccc1F. The van der Waals surface area contributed by atoms with Gasteiger partial charge >= 0.3 is 0 Å². The zero-order valence-electron chi connectivity index (χ0n) is 13.5. The first-order valence-electron chi connectivity index (χ1n) is 7.24. The molecular formula is C17H21FN4O. The van der Waals surface area contributed by atoms with Crippen molar-refractivity contribution < 1.29 is 9.50 Å². The first kappa shape index (κ1) is 16.9. The molecule has 0 spiro atoms. The molecule has 1 heterocycles. The van der Waals surface area contributed by atoms with Crippen LogP contribution in [0.4, 0.5) is 4.39 Å². The van der Waals surface area contributed by atoms with Crippen LogP contribution in [0.5, 0.6) is 0 Å². The first-order chi connectivity index (χ1) is 10.8. The summed E-state index contributed by atoms with van der Waals surface area (Å²) in [6, 6.07) is 8.61. The normalized spacial score (nSPS) is 11.2. The van der Waals surface area contributed by atoms with E-state index < -0.39 is 5.54 Å². The number of aromatic nitrogens is 1. The van der Waals surface area contributed by atoms with E-state index in [1.54, 1.807) is 45.4 Å². The van der Waals surface area contributed by atoms with Gasteiger partial charge in [-0.2, -0.15) is 0 Å². The Hall–Kier alpha value is -2.47. The number of benzene rings is 1. The number of aliphatic hydroxyl groups excluding tert-OH is 1. The van der Waals surface area contributed by atoms with E-state index in [9.17, 15) is 4.39 Å². The standard InChI is InChI=1S/C17H21FN4O/c1-17(2,21-16(19)22(3)11-23)14-9-12(6-7-15(14)18)13-5-4-8-20-10-13/h4-10,23H,11H2,1-3H3,(H2,19,21). The lowest BCUT2D eigenvalue weighted by atomic mass is 9.91. The van der Waals surface area contributed by atoms with Crippen LogP contribution in [0, 0.1) is 11.2 Å². The summed E-state index contributed by atoms with van der Waals surface area (Å²) in [7, 11) is 1.58. The van der Waals surface area contributed by atoms with Crippen molar-refractivity contribution in [1.29, 1.82) is 5.41 Å². The highest BCUT2D eigenvalue weighted by molar-refractivity contribution is 5.77. The summed E-state index contributed by atoms with van der Waals surface area (Å²) in [6.45, 7) is 3.29. The summed E-state index contributed by atoms with van der Waals surface area (Å²) in [5.41, 5.74) is 1.37. The predicted molar refractivity (Wildman–Crippen MR) is 88.4 cm³/mol. The summed E-state index contributed by atoms with van der Waals surface area (Å²) in [5.74, 6) is -0.335. The maximum absolute atomic E-state index is 14.3. The molecule has 6 heteroatoms. The van der Waals surface area contributed by atoms with Crippen LogP contribution < -0.4 is 5.32 Å². The minimum atomic E-state index is -0.817. The van der Waals surface area contributed by atoms with Gasteiger partial charge in [-0.3, -0.25) is 10.4 Å². The average molecular weight is 316 g/mol. The van der Waals surface area contributed by atoms with Gasteiger partial charge in [0.2, 0.25) is 0 Å². The van der Waals surface area contributed by atoms with Gasteiger partial charge in [-0.05, 0) is 37.6 Å². The lowest BCUT2D eigenvalue weighted by molar-refractivity contribution is 0.184. The fourth-order valence-corrected chi connectivity index (χ4v) is 2.25. The van der Waals surface area contributed by atoms with E-state index in [4.69, 9.17) is 10.5 Å². The van der Waals surface area contributed by atoms with Crippen LogP contribution in [0.1, 0.15) is 19.4 Å². The van der Waals surface area contributed by atoms with Gasteiger partial charge in [-0.1, -0.05) is 12.1 Å². The predicted octanol–water partition coefficient (Wildman–Crippen LogP) is 2.53. The highest BCUT2D eigenvalue weighted by Crippen LogP contribution is 2.28. The van der Waals surface area contributed by atoms with Crippen LogP contribution in [-0.4, -0.2) is 34.7 Å². The minimum absolute atomic E-state index is 0.0173. The third-order valence-corrected chi connectivity index (χ3v) is 3.66. The molecule has 3 N–H and O–H groups in total. The quantitative estimate of drug-likeness (QED) is 0.460. The van der Waals surface area contributed by atoms with Crippen molar-refractivity contribution in [2.24, 2.45) is 0 Å². The lowest BCUT2D eigenvalue weighted by Gasteiger charge is -2.31. The largest absolute Gasteiger partial charge is 0.376 e. The third-order valence-electron chi connectivity index (χ3n) is 3.66. The average Bonchev–Trinajstić information content (AvgIpc) is 2.54. The molecule has 2 rings (SSSR count). The van der Waals surface area contributed by atoms with E-state index >= 15 is 0 Å². The summed E-state index contributed by atoms with van der Waals surface area (Å²) in [5, 5.41) is 19.9. The van der Waals surface area contributed by atoms with Gasteiger partial charge in [-0.25, -0.2) is 4.39 Å². The fourth-order valence-electron chi connectivity index (χ4n) is 2.25. The first-order valence-corrected chi connectivity index (χ1v) is 7.24. The topological polar surface area (TPSA) is 72.2 Å². The Balaban J connectivity index is 2.36. The van der Waals surface area contributed by atoms with Crippen molar-refractivity contribution in [3.63, 3.8) is 0 Å². The van der Waals surface area contributed by atoms with Gasteiger partial charge in [0.25, 0.3) is 0 Å². The molecule has 122 valence electrons. The van der Waals surface area contributed by atoms with Crippen molar-refractivity contribution in [3.05, 3.63) is 54.1 Å². The molecule has 0 amide bonds. The number of aliphatic hydroxyl groups is 1. The Morgan fingerprint density at radius 1 is 1.35 bits per heavy atom. The Bertz CT molecular complexity index is 688. The zero-order valence-corrected chi connectivity index (χ0v) is 13.5. The fraction of sp³-hybridized carbons (Fsp3) is 0.294. The second-order valence-corrected chi connectivity index (χ2v) is 5.87. The zero-order chi connectivity index (χ0) is 17.0. The van der Waals surface area contributed by atoms with Crippen LogP contribution in [0.3, 0.4) is 0 Å². The van der Waals surface area contributed by atoms with E-state index in [0.29, 0.717) is 5.56 Å². The van der Waals surface area contributed by atoms with Crippen LogP contribution >= 0.6 is 0 Å². The highest BCUT2D eigenvalue weighted by atomic mass is 19.1. The van der Waals surface area contributed by atoms with Crippen molar-refractivity contribution in [3.8, 4) is 11.1 Å². The molecule has 2 aromatic rings. The van der Waals surface area contributed by atoms with Gasteiger partial charge in [-0.15, -0.1) is 0 Å². The van der Waals surface area contributed by atoms with Gasteiger partial charge in [0.05, 0.1) is 5.54 Å². The van der Waals surface area contributed by atoms with Crippen LogP contribution in [-0.2, 0) is 5.54 Å². The second kappa shape index (κ2) is 6.75. The van der Waals surface area contributed by atoms with Crippen molar-refractivity contribution in [2.75, 3.05) is 13.8 Å². The molecule has 1 aromatic carbocycles. The molecule has 0 bridgehead atoms. The molecule has 0 aliphatic carbocycles. The number of hydrogen-bond donors (Lipinski definition) is 3. The highest BCUT2D eigenvalue weighted by Gasteiger charge is 2.26. The molecule has 0 aliphatic rings. The Kier molecular flexibility index (Phi) is 4.95. The van der Waals surface area contributed by atoms with Crippen molar-refractivity contribution in [2.45, 2.75) is 19.4 Å². The second-order valence-electron chi connectivity index (χ2n) is 5.87. The lowest BCUT2D eigenvalue weighted by Crippen LogP contribution is -2.48. The molecule has 0 radical (unpaired) electrons. The Labute approximate surface area is 135 Å². The van der Waals surface area contributed by atoms with Crippen LogP contribution in [0.15, 0.2) is 42.7 Å². The van der Waals surface area contributed by atoms with Gasteiger partial charge in [0.1, 0.15) is 12.5 Å².